The minimum Gasteiger partial charge on any atom is -0.490 e. The molecule has 0 saturated carbocycles. The molecule has 4 aromatic rings. The van der Waals surface area contributed by atoms with Gasteiger partial charge in [0.1, 0.15) is 24.8 Å². The molecule has 2 amide bonds. The molecule has 1 aliphatic rings. The number of pyridine rings is 1. The fraction of sp³-hybridized carbons (Fsp3) is 0.167. The molecule has 9 heteroatoms. The van der Waals surface area contributed by atoms with Crippen LogP contribution in [0, 0.1) is 12.7 Å². The molecular weight excluding hydrogens is 519 g/mol. The Morgan fingerprint density at radius 2 is 1.69 bits per heavy atom. The highest BCUT2D eigenvalue weighted by molar-refractivity contribution is 8.18. The molecular formula is C30H25FN2O5S. The smallest absolute Gasteiger partial charge is 0.290 e. The van der Waals surface area contributed by atoms with Gasteiger partial charge in [0.2, 0.25) is 5.43 Å². The predicted molar refractivity (Wildman–Crippen MR) is 150 cm³/mol. The molecule has 0 aliphatic carbocycles. The first-order valence-electron chi connectivity index (χ1n) is 12.2. The first-order chi connectivity index (χ1) is 18.7. The highest BCUT2D eigenvalue weighted by atomic mass is 32.2. The number of fused-ring (bicyclic) bond motifs is 1. The van der Waals surface area contributed by atoms with Crippen molar-refractivity contribution in [1.29, 1.82) is 0 Å². The molecule has 1 aliphatic heterocycles. The average molecular weight is 545 g/mol. The Balaban J connectivity index is 1.36. The molecule has 0 atom stereocenters. The zero-order valence-corrected chi connectivity index (χ0v) is 22.4. The first-order valence-corrected chi connectivity index (χ1v) is 13.0. The lowest BCUT2D eigenvalue weighted by Crippen LogP contribution is -2.19. The zero-order chi connectivity index (χ0) is 27.7. The Morgan fingerprint density at radius 3 is 2.41 bits per heavy atom. The molecule has 0 radical (unpaired) electrons. The van der Waals surface area contributed by atoms with E-state index < -0.39 is 11.7 Å². The second kappa shape index (κ2) is 10.8. The molecule has 1 saturated heterocycles. The number of aryl methyl sites for hydroxylation is 2. The van der Waals surface area contributed by atoms with Crippen molar-refractivity contribution in [2.75, 3.05) is 13.2 Å². The average Bonchev–Trinajstić information content (AvgIpc) is 3.28. The van der Waals surface area contributed by atoms with Crippen LogP contribution >= 0.6 is 11.8 Å². The number of benzene rings is 3. The molecule has 1 N–H and O–H groups in total. The van der Waals surface area contributed by atoms with E-state index in [1.165, 1.54) is 12.1 Å². The number of hydrogen-bond donors (Lipinski definition) is 1. The summed E-state index contributed by atoms with van der Waals surface area (Å²) in [5.41, 5.74) is 3.82. The summed E-state index contributed by atoms with van der Waals surface area (Å²) in [7, 11) is 1.83. The number of imide groups is 1. The summed E-state index contributed by atoms with van der Waals surface area (Å²) >= 11 is 0.884. The maximum Gasteiger partial charge on any atom is 0.290 e. The molecule has 5 rings (SSSR count). The van der Waals surface area contributed by atoms with Crippen LogP contribution in [0.3, 0.4) is 0 Å². The molecule has 1 aromatic heterocycles. The van der Waals surface area contributed by atoms with Crippen LogP contribution in [0.2, 0.25) is 0 Å². The molecule has 7 nitrogen and oxygen atoms in total. The Hall–Kier alpha value is -4.37. The number of amides is 2. The van der Waals surface area contributed by atoms with Crippen LogP contribution in [0.25, 0.3) is 27.7 Å². The topological polar surface area (TPSA) is 86.6 Å². The predicted octanol–water partition coefficient (Wildman–Crippen LogP) is 5.82. The van der Waals surface area contributed by atoms with Gasteiger partial charge in [0.15, 0.2) is 5.75 Å². The van der Waals surface area contributed by atoms with Gasteiger partial charge in [-0.15, -0.1) is 0 Å². The summed E-state index contributed by atoms with van der Waals surface area (Å²) in [5, 5.41) is 2.38. The number of ether oxygens (including phenoxy) is 2. The van der Waals surface area contributed by atoms with E-state index in [-0.39, 0.29) is 29.6 Å². The lowest BCUT2D eigenvalue weighted by atomic mass is 10.0. The van der Waals surface area contributed by atoms with E-state index in [9.17, 15) is 18.8 Å². The molecule has 3 aromatic carbocycles. The van der Waals surface area contributed by atoms with Crippen LogP contribution in [0.1, 0.15) is 18.1 Å². The number of thioether (sulfide) groups is 1. The summed E-state index contributed by atoms with van der Waals surface area (Å²) in [4.78, 5) is 37.2. The minimum atomic E-state index is -0.404. The fourth-order valence-corrected chi connectivity index (χ4v) is 5.29. The van der Waals surface area contributed by atoms with E-state index in [2.05, 4.69) is 5.32 Å². The van der Waals surface area contributed by atoms with Crippen molar-refractivity contribution in [3.05, 3.63) is 98.8 Å². The Bertz CT molecular complexity index is 1710. The lowest BCUT2D eigenvalue weighted by molar-refractivity contribution is -0.115. The standard InChI is InChI=1S/C30H25FN2O5S/c1-17-8-11-20(31)16-23(17)25-27(26(34)22-6-4-5-7-24(22)33(25)3)38-15-14-37-21-12-9-19(10-13-21)18(2)28-29(35)32-30(36)39-28/h4-13,16H,14-15H2,1-3H3,(H,32,35,36). The van der Waals surface area contributed by atoms with Gasteiger partial charge in [0.25, 0.3) is 11.1 Å². The second-order valence-electron chi connectivity index (χ2n) is 9.06. The van der Waals surface area contributed by atoms with Gasteiger partial charge in [0, 0.05) is 18.0 Å². The number of hydrogen-bond acceptors (Lipinski definition) is 6. The lowest BCUT2D eigenvalue weighted by Gasteiger charge is -2.19. The van der Waals surface area contributed by atoms with Crippen molar-refractivity contribution >= 4 is 39.4 Å². The number of aromatic nitrogens is 1. The van der Waals surface area contributed by atoms with E-state index in [0.717, 1.165) is 22.9 Å². The van der Waals surface area contributed by atoms with E-state index in [1.807, 2.05) is 30.7 Å². The Kier molecular flexibility index (Phi) is 7.26. The van der Waals surface area contributed by atoms with Gasteiger partial charge in [-0.1, -0.05) is 30.3 Å². The van der Waals surface area contributed by atoms with Crippen LogP contribution in [-0.4, -0.2) is 28.9 Å². The van der Waals surface area contributed by atoms with Gasteiger partial charge in [0.05, 0.1) is 16.1 Å². The molecule has 2 heterocycles. The number of nitrogens with one attached hydrogen (secondary N) is 1. The van der Waals surface area contributed by atoms with Gasteiger partial charge in [-0.3, -0.25) is 19.7 Å². The maximum absolute atomic E-state index is 14.2. The second-order valence-corrected chi connectivity index (χ2v) is 10.0. The van der Waals surface area contributed by atoms with Crippen LogP contribution < -0.4 is 20.2 Å². The van der Waals surface area contributed by atoms with E-state index in [4.69, 9.17) is 9.47 Å². The summed E-state index contributed by atoms with van der Waals surface area (Å²) < 4.78 is 27.9. The van der Waals surface area contributed by atoms with Gasteiger partial charge in [-0.25, -0.2) is 4.39 Å². The molecule has 198 valence electrons. The number of carbonyl (C=O) groups is 2. The number of carbonyl (C=O) groups excluding carboxylic acids is 2. The third-order valence-electron chi connectivity index (χ3n) is 6.56. The largest absolute Gasteiger partial charge is 0.490 e. The zero-order valence-electron chi connectivity index (χ0n) is 21.5. The Labute approximate surface area is 228 Å². The van der Waals surface area contributed by atoms with Gasteiger partial charge >= 0.3 is 0 Å². The monoisotopic (exact) mass is 544 g/mol. The quantitative estimate of drug-likeness (QED) is 0.233. The van der Waals surface area contributed by atoms with Crippen molar-refractivity contribution in [1.82, 2.24) is 9.88 Å². The van der Waals surface area contributed by atoms with Gasteiger partial charge < -0.3 is 14.0 Å². The van der Waals surface area contributed by atoms with Crippen molar-refractivity contribution < 1.29 is 23.5 Å². The number of nitrogens with zero attached hydrogens (tertiary/aromatic N) is 1. The maximum atomic E-state index is 14.2. The van der Waals surface area contributed by atoms with E-state index >= 15 is 0 Å². The number of halogens is 1. The third-order valence-corrected chi connectivity index (χ3v) is 7.55. The normalized spacial score (nSPS) is 14.5. The molecule has 39 heavy (non-hydrogen) atoms. The minimum absolute atomic E-state index is 0.0820. The van der Waals surface area contributed by atoms with Crippen LogP contribution in [0.15, 0.2) is 76.4 Å². The summed E-state index contributed by atoms with van der Waals surface area (Å²) in [6, 6.07) is 18.8. The van der Waals surface area contributed by atoms with Crippen LogP contribution in [-0.2, 0) is 11.8 Å². The summed E-state index contributed by atoms with van der Waals surface area (Å²) in [5.74, 6) is -0.0912. The highest BCUT2D eigenvalue weighted by Crippen LogP contribution is 2.34. The number of rotatable bonds is 7. The first kappa shape index (κ1) is 26.2. The fourth-order valence-electron chi connectivity index (χ4n) is 4.54. The summed E-state index contributed by atoms with van der Waals surface area (Å²) in [6.45, 7) is 3.88. The van der Waals surface area contributed by atoms with Crippen molar-refractivity contribution in [2.24, 2.45) is 7.05 Å². The third kappa shape index (κ3) is 5.18. The number of allylic oxidation sites excluding steroid dienone is 1. The van der Waals surface area contributed by atoms with Crippen molar-refractivity contribution in [3.8, 4) is 22.8 Å². The van der Waals surface area contributed by atoms with Gasteiger partial charge in [-0.05, 0) is 78.7 Å². The Morgan fingerprint density at radius 1 is 0.974 bits per heavy atom. The molecule has 1 fully saturated rings. The van der Waals surface area contributed by atoms with Crippen LogP contribution in [0.4, 0.5) is 9.18 Å². The molecule has 0 bridgehead atoms. The van der Waals surface area contributed by atoms with Crippen molar-refractivity contribution in [2.45, 2.75) is 13.8 Å². The summed E-state index contributed by atoms with van der Waals surface area (Å²) in [6.07, 6.45) is 0. The molecule has 0 spiro atoms. The number of para-hydroxylation sites is 1. The van der Waals surface area contributed by atoms with Crippen molar-refractivity contribution in [3.63, 3.8) is 0 Å². The van der Waals surface area contributed by atoms with E-state index in [1.54, 1.807) is 49.4 Å². The molecule has 0 unspecified atom stereocenters. The van der Waals surface area contributed by atoms with Crippen LogP contribution in [0.5, 0.6) is 11.5 Å². The highest BCUT2D eigenvalue weighted by Gasteiger charge is 2.27. The SMILES string of the molecule is CC(=C1SC(=O)NC1=O)c1ccc(OCCOc2c(-c3cc(F)ccc3C)n(C)c3ccccc3c2=O)cc1. The van der Waals surface area contributed by atoms with Gasteiger partial charge in [-0.2, -0.15) is 0 Å². The van der Waals surface area contributed by atoms with E-state index in [0.29, 0.717) is 38.4 Å².